The third-order valence-corrected chi connectivity index (χ3v) is 2.75. The van der Waals surface area contributed by atoms with Crippen molar-refractivity contribution in [3.8, 4) is 0 Å². The zero-order valence-electron chi connectivity index (χ0n) is 6.56. The normalized spacial score (nSPS) is 42.1. The van der Waals surface area contributed by atoms with Gasteiger partial charge in [0.15, 0.2) is 0 Å². The third kappa shape index (κ3) is 0.696. The molecule has 1 aliphatic heterocycles. The average Bonchev–Trinajstić information content (AvgIpc) is 2.54. The Morgan fingerprint density at radius 3 is 2.50 bits per heavy atom. The molecule has 3 nitrogen and oxygen atoms in total. The summed E-state index contributed by atoms with van der Waals surface area (Å²) >= 11 is 0. The number of carbonyl (C=O) groups excluding carboxylic acids is 1. The van der Waals surface area contributed by atoms with Gasteiger partial charge in [-0.05, 0) is 0 Å². The first-order chi connectivity index (χ1) is 5.53. The molecule has 1 spiro atoms. The summed E-state index contributed by atoms with van der Waals surface area (Å²) in [7, 11) is 1.20. The lowest BCUT2D eigenvalue weighted by Gasteiger charge is -2.36. The van der Waals surface area contributed by atoms with Crippen LogP contribution in [0.1, 0.15) is 6.42 Å². The van der Waals surface area contributed by atoms with Crippen molar-refractivity contribution in [1.82, 2.24) is 5.32 Å². The molecule has 0 aromatic carbocycles. The molecule has 1 saturated carbocycles. The molecule has 1 aliphatic carbocycles. The van der Waals surface area contributed by atoms with Crippen LogP contribution in [0.3, 0.4) is 0 Å². The molecule has 0 amide bonds. The van der Waals surface area contributed by atoms with Gasteiger partial charge in [0.2, 0.25) is 0 Å². The van der Waals surface area contributed by atoms with Crippen LogP contribution in [-0.4, -0.2) is 31.6 Å². The summed E-state index contributed by atoms with van der Waals surface area (Å²) in [5.41, 5.74) is -1.11. The Labute approximate surface area is 68.1 Å². The molecule has 2 rings (SSSR count). The number of hydrogen-bond donors (Lipinski definition) is 1. The van der Waals surface area contributed by atoms with Crippen molar-refractivity contribution in [2.75, 3.05) is 13.7 Å². The number of esters is 1. The van der Waals surface area contributed by atoms with E-state index >= 15 is 0 Å². The maximum atomic E-state index is 12.7. The van der Waals surface area contributed by atoms with Crippen molar-refractivity contribution in [2.24, 2.45) is 5.41 Å². The summed E-state index contributed by atoms with van der Waals surface area (Å²) < 4.78 is 29.9. The van der Waals surface area contributed by atoms with Crippen LogP contribution in [0, 0.1) is 5.41 Å². The quantitative estimate of drug-likeness (QED) is 0.580. The van der Waals surface area contributed by atoms with Crippen LogP contribution in [0.2, 0.25) is 0 Å². The summed E-state index contributed by atoms with van der Waals surface area (Å²) in [6.45, 7) is 0.222. The molecular weight excluding hydrogens is 168 g/mol. The molecule has 5 heteroatoms. The zero-order valence-corrected chi connectivity index (χ0v) is 6.56. The van der Waals surface area contributed by atoms with Gasteiger partial charge in [-0.3, -0.25) is 4.79 Å². The summed E-state index contributed by atoms with van der Waals surface area (Å²) in [5.74, 6) is -3.25. The Morgan fingerprint density at radius 2 is 2.25 bits per heavy atom. The van der Waals surface area contributed by atoms with Gasteiger partial charge >= 0.3 is 5.97 Å². The number of carbonyl (C=O) groups is 1. The molecule has 2 aliphatic rings. The molecule has 1 N–H and O–H groups in total. The second kappa shape index (κ2) is 1.96. The molecular formula is C7H9F2NO2. The van der Waals surface area contributed by atoms with E-state index in [2.05, 4.69) is 10.1 Å². The van der Waals surface area contributed by atoms with Gasteiger partial charge in [0.25, 0.3) is 5.92 Å². The summed E-state index contributed by atoms with van der Waals surface area (Å²) in [4.78, 5) is 10.9. The summed E-state index contributed by atoms with van der Waals surface area (Å²) in [6, 6.07) is -0.794. The Kier molecular flexibility index (Phi) is 1.29. The van der Waals surface area contributed by atoms with Crippen molar-refractivity contribution in [3.63, 3.8) is 0 Å². The second-order valence-electron chi connectivity index (χ2n) is 3.37. The highest BCUT2D eigenvalue weighted by Crippen LogP contribution is 2.65. The molecule has 1 saturated heterocycles. The van der Waals surface area contributed by atoms with E-state index in [0.29, 0.717) is 0 Å². The van der Waals surface area contributed by atoms with Crippen LogP contribution in [0.25, 0.3) is 0 Å². The maximum Gasteiger partial charge on any atom is 0.323 e. The number of alkyl halides is 2. The van der Waals surface area contributed by atoms with Crippen LogP contribution < -0.4 is 5.32 Å². The van der Waals surface area contributed by atoms with Crippen molar-refractivity contribution in [3.05, 3.63) is 0 Å². The molecule has 2 fully saturated rings. The lowest BCUT2D eigenvalue weighted by molar-refractivity contribution is -0.151. The van der Waals surface area contributed by atoms with E-state index in [1.807, 2.05) is 0 Å². The van der Waals surface area contributed by atoms with Gasteiger partial charge in [0.05, 0.1) is 12.5 Å². The Bertz CT molecular complexity index is 244. The predicted octanol–water partition coefficient (Wildman–Crippen LogP) is 0.157. The highest BCUT2D eigenvalue weighted by atomic mass is 19.3. The number of methoxy groups -OCH3 is 1. The lowest BCUT2D eigenvalue weighted by Crippen LogP contribution is -2.61. The summed E-state index contributed by atoms with van der Waals surface area (Å²) in [6.07, 6.45) is -0.188. The average molecular weight is 177 g/mol. The number of halogens is 2. The van der Waals surface area contributed by atoms with Gasteiger partial charge in [0, 0.05) is 13.0 Å². The highest BCUT2D eigenvalue weighted by Gasteiger charge is 2.80. The van der Waals surface area contributed by atoms with Crippen LogP contribution >= 0.6 is 0 Å². The van der Waals surface area contributed by atoms with E-state index in [1.54, 1.807) is 0 Å². The fourth-order valence-corrected chi connectivity index (χ4v) is 1.73. The van der Waals surface area contributed by atoms with E-state index in [9.17, 15) is 13.6 Å². The van der Waals surface area contributed by atoms with E-state index in [-0.39, 0.29) is 13.0 Å². The van der Waals surface area contributed by atoms with Crippen LogP contribution in [-0.2, 0) is 9.53 Å². The van der Waals surface area contributed by atoms with Gasteiger partial charge in [-0.15, -0.1) is 0 Å². The fraction of sp³-hybridized carbons (Fsp3) is 0.857. The minimum atomic E-state index is -2.67. The first kappa shape index (κ1) is 7.91. The van der Waals surface area contributed by atoms with E-state index < -0.39 is 23.3 Å². The SMILES string of the molecule is COC(=O)[C@@H]1NC[C@@]12CC2(F)F. The lowest BCUT2D eigenvalue weighted by atomic mass is 9.87. The van der Waals surface area contributed by atoms with Crippen molar-refractivity contribution >= 4 is 5.97 Å². The molecule has 2 atom stereocenters. The Morgan fingerprint density at radius 1 is 1.67 bits per heavy atom. The fourth-order valence-electron chi connectivity index (χ4n) is 1.73. The van der Waals surface area contributed by atoms with Crippen molar-refractivity contribution in [2.45, 2.75) is 18.4 Å². The number of ether oxygens (including phenoxy) is 1. The summed E-state index contributed by atoms with van der Waals surface area (Å²) in [5, 5.41) is 2.65. The topological polar surface area (TPSA) is 38.3 Å². The Hall–Kier alpha value is -0.710. The van der Waals surface area contributed by atoms with Gasteiger partial charge < -0.3 is 10.1 Å². The molecule has 1 heterocycles. The van der Waals surface area contributed by atoms with E-state index in [0.717, 1.165) is 0 Å². The largest absolute Gasteiger partial charge is 0.468 e. The van der Waals surface area contributed by atoms with Gasteiger partial charge in [0.1, 0.15) is 6.04 Å². The minimum absolute atomic E-state index is 0.188. The van der Waals surface area contributed by atoms with Crippen molar-refractivity contribution in [1.29, 1.82) is 0 Å². The first-order valence-electron chi connectivity index (χ1n) is 3.72. The molecule has 0 aromatic heterocycles. The van der Waals surface area contributed by atoms with E-state index in [4.69, 9.17) is 0 Å². The van der Waals surface area contributed by atoms with Crippen LogP contribution in [0.5, 0.6) is 0 Å². The molecule has 0 aromatic rings. The standard InChI is InChI=1S/C7H9F2NO2/c1-12-5(11)4-6(3-10-4)2-7(6,8)9/h4,10H,2-3H2,1H3/t4-,6-/m0/s1. The van der Waals surface area contributed by atoms with E-state index in [1.165, 1.54) is 7.11 Å². The van der Waals surface area contributed by atoms with Crippen molar-refractivity contribution < 1.29 is 18.3 Å². The van der Waals surface area contributed by atoms with Gasteiger partial charge in [-0.25, -0.2) is 8.78 Å². The first-order valence-corrected chi connectivity index (χ1v) is 3.72. The number of nitrogens with one attached hydrogen (secondary N) is 1. The van der Waals surface area contributed by atoms with Gasteiger partial charge in [-0.1, -0.05) is 0 Å². The smallest absolute Gasteiger partial charge is 0.323 e. The van der Waals surface area contributed by atoms with Crippen LogP contribution in [0.15, 0.2) is 0 Å². The maximum absolute atomic E-state index is 12.7. The predicted molar refractivity (Wildman–Crippen MR) is 35.8 cm³/mol. The van der Waals surface area contributed by atoms with Crippen LogP contribution in [0.4, 0.5) is 8.78 Å². The Balaban J connectivity index is 2.09. The highest BCUT2D eigenvalue weighted by molar-refractivity contribution is 5.79. The third-order valence-electron chi connectivity index (χ3n) is 2.75. The zero-order chi connectivity index (χ0) is 8.98. The number of hydrogen-bond acceptors (Lipinski definition) is 3. The molecule has 68 valence electrons. The molecule has 0 unspecified atom stereocenters. The molecule has 0 bridgehead atoms. The molecule has 0 radical (unpaired) electrons. The number of rotatable bonds is 1. The monoisotopic (exact) mass is 177 g/mol. The second-order valence-corrected chi connectivity index (χ2v) is 3.37. The van der Waals surface area contributed by atoms with Gasteiger partial charge in [-0.2, -0.15) is 0 Å². The molecule has 12 heavy (non-hydrogen) atoms. The minimum Gasteiger partial charge on any atom is -0.468 e.